The van der Waals surface area contributed by atoms with Crippen LogP contribution in [0.2, 0.25) is 0 Å². The summed E-state index contributed by atoms with van der Waals surface area (Å²) in [4.78, 5) is 11.5. The summed E-state index contributed by atoms with van der Waals surface area (Å²) < 4.78 is 36.0. The maximum Gasteiger partial charge on any atom is 0.448 e. The van der Waals surface area contributed by atoms with Gasteiger partial charge in [0.1, 0.15) is 0 Å². The van der Waals surface area contributed by atoms with Crippen LogP contribution in [0, 0.1) is 5.92 Å². The van der Waals surface area contributed by atoms with Gasteiger partial charge in [-0.25, -0.2) is 4.79 Å². The first-order valence-corrected chi connectivity index (χ1v) is 7.26. The number of halogens is 3. The lowest BCUT2D eigenvalue weighted by Gasteiger charge is -2.34. The van der Waals surface area contributed by atoms with Gasteiger partial charge in [-0.1, -0.05) is 11.3 Å². The van der Waals surface area contributed by atoms with Crippen LogP contribution in [-0.2, 0) is 0 Å². The number of hydrogen-bond acceptors (Lipinski definition) is 6. The van der Waals surface area contributed by atoms with E-state index in [1.54, 1.807) is 0 Å². The summed E-state index contributed by atoms with van der Waals surface area (Å²) >= 11 is 0.282. The molecule has 1 aliphatic carbocycles. The maximum atomic E-state index is 12.1. The third kappa shape index (κ3) is 4.49. The molecule has 1 aromatic heterocycles. The number of anilines is 1. The number of aromatic nitrogens is 2. The molecule has 2 amide bonds. The van der Waals surface area contributed by atoms with Gasteiger partial charge in [-0.05, 0) is 18.8 Å². The van der Waals surface area contributed by atoms with Gasteiger partial charge in [-0.15, -0.1) is 10.2 Å². The Morgan fingerprint density at radius 2 is 2.15 bits per heavy atom. The van der Waals surface area contributed by atoms with Crippen molar-refractivity contribution >= 4 is 34.3 Å². The Labute approximate surface area is 120 Å². The van der Waals surface area contributed by atoms with Crippen LogP contribution in [0.4, 0.5) is 23.1 Å². The summed E-state index contributed by atoms with van der Waals surface area (Å²) in [5.41, 5.74) is -4.43. The molecule has 20 heavy (non-hydrogen) atoms. The number of thioether (sulfide) groups is 1. The van der Waals surface area contributed by atoms with Gasteiger partial charge < -0.3 is 10.4 Å². The number of hydrogen-bond donors (Lipinski definition) is 3. The third-order valence-corrected chi connectivity index (χ3v) is 4.28. The van der Waals surface area contributed by atoms with Crippen LogP contribution in [0.25, 0.3) is 0 Å². The van der Waals surface area contributed by atoms with Crippen LogP contribution in [0.15, 0.2) is 4.34 Å². The van der Waals surface area contributed by atoms with E-state index in [1.165, 1.54) is 0 Å². The quantitative estimate of drug-likeness (QED) is 0.582. The van der Waals surface area contributed by atoms with Crippen molar-refractivity contribution in [1.29, 1.82) is 0 Å². The Balaban J connectivity index is 1.77. The largest absolute Gasteiger partial charge is 0.448 e. The molecular weight excluding hydrogens is 317 g/mol. The molecule has 0 aliphatic heterocycles. The fourth-order valence-corrected chi connectivity index (χ4v) is 3.16. The predicted molar refractivity (Wildman–Crippen MR) is 67.6 cm³/mol. The molecule has 2 rings (SSSR count). The van der Waals surface area contributed by atoms with Crippen LogP contribution in [-0.4, -0.2) is 39.5 Å². The molecule has 0 atom stereocenters. The van der Waals surface area contributed by atoms with Gasteiger partial charge >= 0.3 is 11.5 Å². The van der Waals surface area contributed by atoms with Gasteiger partial charge in [0.15, 0.2) is 4.34 Å². The third-order valence-electron chi connectivity index (χ3n) is 2.66. The maximum absolute atomic E-state index is 12.1. The van der Waals surface area contributed by atoms with Crippen molar-refractivity contribution in [3.8, 4) is 0 Å². The van der Waals surface area contributed by atoms with Crippen LogP contribution in [0.5, 0.6) is 0 Å². The van der Waals surface area contributed by atoms with Crippen LogP contribution in [0.3, 0.4) is 0 Å². The van der Waals surface area contributed by atoms with Crippen molar-refractivity contribution in [1.82, 2.24) is 15.5 Å². The highest BCUT2D eigenvalue weighted by Crippen LogP contribution is 2.39. The van der Waals surface area contributed by atoms with E-state index in [0.29, 0.717) is 24.2 Å². The van der Waals surface area contributed by atoms with E-state index in [9.17, 15) is 18.0 Å². The molecule has 112 valence electrons. The number of urea groups is 1. The topological polar surface area (TPSA) is 87.1 Å². The molecule has 1 aliphatic rings. The first kappa shape index (κ1) is 15.3. The van der Waals surface area contributed by atoms with E-state index in [-0.39, 0.29) is 39.8 Å². The van der Waals surface area contributed by atoms with Crippen LogP contribution < -0.4 is 10.6 Å². The van der Waals surface area contributed by atoms with E-state index in [1.807, 2.05) is 0 Å². The number of nitrogens with zero attached hydrogens (tertiary/aromatic N) is 2. The van der Waals surface area contributed by atoms with E-state index in [4.69, 9.17) is 5.11 Å². The fraction of sp³-hybridized carbons (Fsp3) is 0.667. The SMILES string of the molecule is O=C(Nc1nnc(SC(F)(F)F)s1)NC1CC(CO)C1. The second-order valence-electron chi connectivity index (χ2n) is 4.24. The minimum absolute atomic E-state index is 0.00674. The Morgan fingerprint density at radius 1 is 1.45 bits per heavy atom. The zero-order chi connectivity index (χ0) is 14.8. The first-order chi connectivity index (χ1) is 9.35. The number of carbonyl (C=O) groups excluding carboxylic acids is 1. The van der Waals surface area contributed by atoms with Crippen molar-refractivity contribution < 1.29 is 23.1 Å². The average molecular weight is 328 g/mol. The lowest BCUT2D eigenvalue weighted by atomic mass is 9.81. The van der Waals surface area contributed by atoms with Gasteiger partial charge in [-0.3, -0.25) is 5.32 Å². The number of aliphatic hydroxyl groups is 1. The van der Waals surface area contributed by atoms with Gasteiger partial charge in [0, 0.05) is 24.4 Å². The van der Waals surface area contributed by atoms with Crippen molar-refractivity contribution in [2.75, 3.05) is 11.9 Å². The molecule has 0 unspecified atom stereocenters. The summed E-state index contributed by atoms with van der Waals surface area (Å²) in [6.45, 7) is 0.0915. The highest BCUT2D eigenvalue weighted by Gasteiger charge is 2.32. The minimum Gasteiger partial charge on any atom is -0.396 e. The normalized spacial score (nSPS) is 22.2. The molecule has 0 radical (unpaired) electrons. The number of alkyl halides is 3. The average Bonchev–Trinajstić information content (AvgIpc) is 2.67. The lowest BCUT2D eigenvalue weighted by Crippen LogP contribution is -2.46. The van der Waals surface area contributed by atoms with Gasteiger partial charge in [-0.2, -0.15) is 13.2 Å². The smallest absolute Gasteiger partial charge is 0.396 e. The molecule has 1 saturated carbocycles. The van der Waals surface area contributed by atoms with E-state index < -0.39 is 11.5 Å². The van der Waals surface area contributed by atoms with Crippen LogP contribution >= 0.6 is 23.1 Å². The fourth-order valence-electron chi connectivity index (χ4n) is 1.72. The van der Waals surface area contributed by atoms with Crippen molar-refractivity contribution in [3.63, 3.8) is 0 Å². The number of aliphatic hydroxyl groups excluding tert-OH is 1. The zero-order valence-corrected chi connectivity index (χ0v) is 11.6. The summed E-state index contributed by atoms with van der Waals surface area (Å²) in [7, 11) is 0. The molecule has 11 heteroatoms. The highest BCUT2D eigenvalue weighted by molar-refractivity contribution is 8.01. The van der Waals surface area contributed by atoms with Crippen molar-refractivity contribution in [3.05, 3.63) is 0 Å². The Hall–Kier alpha value is -1.07. The van der Waals surface area contributed by atoms with E-state index in [0.717, 1.165) is 0 Å². The van der Waals surface area contributed by atoms with Crippen LogP contribution in [0.1, 0.15) is 12.8 Å². The Kier molecular flexibility index (Phi) is 4.70. The number of carbonyl (C=O) groups is 1. The zero-order valence-electron chi connectivity index (χ0n) is 9.98. The lowest BCUT2D eigenvalue weighted by molar-refractivity contribution is -0.0328. The number of rotatable bonds is 4. The molecule has 1 fully saturated rings. The van der Waals surface area contributed by atoms with Crippen molar-refractivity contribution in [2.24, 2.45) is 5.92 Å². The molecule has 6 nitrogen and oxygen atoms in total. The molecule has 3 N–H and O–H groups in total. The predicted octanol–water partition coefficient (Wildman–Crippen LogP) is 2.04. The second-order valence-corrected chi connectivity index (χ2v) is 6.53. The minimum atomic E-state index is -4.43. The molecule has 0 saturated heterocycles. The molecule has 0 bridgehead atoms. The molecule has 0 spiro atoms. The van der Waals surface area contributed by atoms with Gasteiger partial charge in [0.25, 0.3) is 0 Å². The number of amides is 2. The molecule has 0 aromatic carbocycles. The van der Waals surface area contributed by atoms with Gasteiger partial charge in [0.2, 0.25) is 5.13 Å². The summed E-state index contributed by atoms with van der Waals surface area (Å²) in [6, 6.07) is -0.560. The summed E-state index contributed by atoms with van der Waals surface area (Å²) in [6.07, 6.45) is 1.38. The van der Waals surface area contributed by atoms with E-state index in [2.05, 4.69) is 20.8 Å². The number of nitrogens with one attached hydrogen (secondary N) is 2. The monoisotopic (exact) mass is 328 g/mol. The first-order valence-electron chi connectivity index (χ1n) is 5.63. The van der Waals surface area contributed by atoms with Crippen molar-refractivity contribution in [2.45, 2.75) is 28.7 Å². The second kappa shape index (κ2) is 6.14. The Morgan fingerprint density at radius 3 is 2.75 bits per heavy atom. The van der Waals surface area contributed by atoms with Gasteiger partial charge in [0.05, 0.1) is 0 Å². The summed E-state index contributed by atoms with van der Waals surface area (Å²) in [5, 5.41) is 20.6. The highest BCUT2D eigenvalue weighted by atomic mass is 32.2. The van der Waals surface area contributed by atoms with E-state index >= 15 is 0 Å². The molecule has 1 aromatic rings. The Bertz CT molecular complexity index is 476. The molecular formula is C9H11F3N4O2S2. The molecule has 1 heterocycles. The summed E-state index contributed by atoms with van der Waals surface area (Å²) in [5.74, 6) is 0.205. The standard InChI is InChI=1S/C9H11F3N4O2S2/c10-9(11,12)20-8-16-15-7(19-8)14-6(18)13-5-1-4(2-5)3-17/h4-5,17H,1-3H2,(H2,13,14,15,18).